The molecule has 0 aliphatic heterocycles. The number of nitrogen functional groups attached to an aromatic ring is 1. The SMILES string of the molecule is Cc1nn(C)cc1Cn1c(N)nc2c(Cl)cccc21. The normalized spacial score (nSPS) is 11.3. The lowest BCUT2D eigenvalue weighted by Gasteiger charge is -2.05. The monoisotopic (exact) mass is 275 g/mol. The molecule has 0 spiro atoms. The number of nitrogens with two attached hydrogens (primary N) is 1. The topological polar surface area (TPSA) is 61.7 Å². The summed E-state index contributed by atoms with van der Waals surface area (Å²) in [6.45, 7) is 2.62. The third kappa shape index (κ3) is 1.96. The van der Waals surface area contributed by atoms with E-state index in [0.29, 0.717) is 17.5 Å². The highest BCUT2D eigenvalue weighted by Gasteiger charge is 2.12. The van der Waals surface area contributed by atoms with Gasteiger partial charge in [-0.3, -0.25) is 4.68 Å². The number of fused-ring (bicyclic) bond motifs is 1. The van der Waals surface area contributed by atoms with Gasteiger partial charge in [-0.1, -0.05) is 17.7 Å². The number of imidazole rings is 1. The summed E-state index contributed by atoms with van der Waals surface area (Å²) in [5.74, 6) is 0.464. The van der Waals surface area contributed by atoms with Crippen LogP contribution in [-0.4, -0.2) is 19.3 Å². The van der Waals surface area contributed by atoms with Crippen LogP contribution in [-0.2, 0) is 13.6 Å². The van der Waals surface area contributed by atoms with E-state index in [0.717, 1.165) is 22.3 Å². The molecule has 0 aliphatic rings. The average molecular weight is 276 g/mol. The Morgan fingerprint density at radius 3 is 2.84 bits per heavy atom. The Balaban J connectivity index is 2.13. The maximum absolute atomic E-state index is 6.13. The van der Waals surface area contributed by atoms with Gasteiger partial charge in [0.25, 0.3) is 0 Å². The molecule has 2 N–H and O–H groups in total. The zero-order valence-corrected chi connectivity index (χ0v) is 11.5. The first-order chi connectivity index (χ1) is 9.06. The molecule has 0 amide bonds. The number of anilines is 1. The zero-order chi connectivity index (χ0) is 13.6. The van der Waals surface area contributed by atoms with Crippen LogP contribution in [0.2, 0.25) is 5.02 Å². The number of aryl methyl sites for hydroxylation is 2. The van der Waals surface area contributed by atoms with Crippen molar-refractivity contribution in [1.82, 2.24) is 19.3 Å². The van der Waals surface area contributed by atoms with Crippen molar-refractivity contribution in [2.24, 2.45) is 7.05 Å². The van der Waals surface area contributed by atoms with Crippen LogP contribution >= 0.6 is 11.6 Å². The van der Waals surface area contributed by atoms with Crippen molar-refractivity contribution in [3.05, 3.63) is 40.7 Å². The lowest BCUT2D eigenvalue weighted by atomic mass is 10.2. The fraction of sp³-hybridized carbons (Fsp3) is 0.231. The average Bonchev–Trinajstić information content (AvgIpc) is 2.83. The predicted molar refractivity (Wildman–Crippen MR) is 76.2 cm³/mol. The summed E-state index contributed by atoms with van der Waals surface area (Å²) in [4.78, 5) is 4.33. The molecule has 6 heteroatoms. The highest BCUT2D eigenvalue weighted by molar-refractivity contribution is 6.35. The van der Waals surface area contributed by atoms with Crippen LogP contribution in [0.5, 0.6) is 0 Å². The third-order valence-corrected chi connectivity index (χ3v) is 3.51. The molecule has 0 fully saturated rings. The molecule has 0 radical (unpaired) electrons. The van der Waals surface area contributed by atoms with Crippen molar-refractivity contribution in [3.63, 3.8) is 0 Å². The van der Waals surface area contributed by atoms with E-state index in [4.69, 9.17) is 17.3 Å². The summed E-state index contributed by atoms with van der Waals surface area (Å²) >= 11 is 6.13. The second-order valence-electron chi connectivity index (χ2n) is 4.58. The molecular weight excluding hydrogens is 262 g/mol. The predicted octanol–water partition coefficient (Wildman–Crippen LogP) is 2.36. The smallest absolute Gasteiger partial charge is 0.201 e. The molecule has 0 bridgehead atoms. The Bertz CT molecular complexity index is 756. The molecule has 0 unspecified atom stereocenters. The first kappa shape index (κ1) is 12.0. The summed E-state index contributed by atoms with van der Waals surface area (Å²) in [5, 5.41) is 4.95. The maximum Gasteiger partial charge on any atom is 0.201 e. The van der Waals surface area contributed by atoms with E-state index in [1.807, 2.05) is 42.9 Å². The Labute approximate surface area is 115 Å². The molecule has 5 nitrogen and oxygen atoms in total. The molecule has 1 aromatic carbocycles. The Hall–Kier alpha value is -2.01. The Morgan fingerprint density at radius 2 is 2.16 bits per heavy atom. The van der Waals surface area contributed by atoms with Gasteiger partial charge >= 0.3 is 0 Å². The van der Waals surface area contributed by atoms with Gasteiger partial charge in [0, 0.05) is 18.8 Å². The summed E-state index contributed by atoms with van der Waals surface area (Å²) in [6.07, 6.45) is 1.99. The van der Waals surface area contributed by atoms with Crippen molar-refractivity contribution in [1.29, 1.82) is 0 Å². The van der Waals surface area contributed by atoms with Crippen molar-refractivity contribution in [3.8, 4) is 0 Å². The summed E-state index contributed by atoms with van der Waals surface area (Å²) in [5.41, 5.74) is 9.78. The van der Waals surface area contributed by atoms with Crippen molar-refractivity contribution in [2.45, 2.75) is 13.5 Å². The quantitative estimate of drug-likeness (QED) is 0.781. The molecule has 3 rings (SSSR count). The number of halogens is 1. The van der Waals surface area contributed by atoms with Crippen LogP contribution in [0.25, 0.3) is 11.0 Å². The molecule has 3 aromatic rings. The van der Waals surface area contributed by atoms with Crippen LogP contribution in [0.3, 0.4) is 0 Å². The van der Waals surface area contributed by atoms with Crippen molar-refractivity contribution < 1.29 is 0 Å². The highest BCUT2D eigenvalue weighted by Crippen LogP contribution is 2.26. The van der Waals surface area contributed by atoms with Crippen molar-refractivity contribution in [2.75, 3.05) is 5.73 Å². The van der Waals surface area contributed by atoms with Gasteiger partial charge in [0.2, 0.25) is 5.95 Å². The van der Waals surface area contributed by atoms with Gasteiger partial charge in [0.1, 0.15) is 5.52 Å². The summed E-state index contributed by atoms with van der Waals surface area (Å²) < 4.78 is 3.75. The van der Waals surface area contributed by atoms with Gasteiger partial charge in [0.05, 0.1) is 22.8 Å². The molecular formula is C13H14ClN5. The number of rotatable bonds is 2. The van der Waals surface area contributed by atoms with Crippen LogP contribution in [0, 0.1) is 6.92 Å². The van der Waals surface area contributed by atoms with E-state index in [2.05, 4.69) is 10.1 Å². The molecule has 0 atom stereocenters. The summed E-state index contributed by atoms with van der Waals surface area (Å²) in [6, 6.07) is 5.69. The molecule has 0 saturated carbocycles. The maximum atomic E-state index is 6.13. The zero-order valence-electron chi connectivity index (χ0n) is 10.8. The molecule has 2 aromatic heterocycles. The lowest BCUT2D eigenvalue weighted by Crippen LogP contribution is -2.04. The second kappa shape index (κ2) is 4.28. The summed E-state index contributed by atoms with van der Waals surface area (Å²) in [7, 11) is 1.91. The largest absolute Gasteiger partial charge is 0.369 e. The van der Waals surface area contributed by atoms with Gasteiger partial charge in [-0.15, -0.1) is 0 Å². The van der Waals surface area contributed by atoms with Crippen molar-refractivity contribution >= 4 is 28.6 Å². The van der Waals surface area contributed by atoms with Gasteiger partial charge in [-0.25, -0.2) is 4.98 Å². The number of aromatic nitrogens is 4. The minimum Gasteiger partial charge on any atom is -0.369 e. The lowest BCUT2D eigenvalue weighted by molar-refractivity contribution is 0.756. The standard InChI is InChI=1S/C13H14ClN5/c1-8-9(6-18(2)17-8)7-19-11-5-3-4-10(14)12(11)16-13(19)15/h3-6H,7H2,1-2H3,(H2,15,16). The van der Waals surface area contributed by atoms with E-state index < -0.39 is 0 Å². The van der Waals surface area contributed by atoms with E-state index in [-0.39, 0.29) is 0 Å². The second-order valence-corrected chi connectivity index (χ2v) is 4.98. The third-order valence-electron chi connectivity index (χ3n) is 3.20. The fourth-order valence-electron chi connectivity index (χ4n) is 2.27. The first-order valence-electron chi connectivity index (χ1n) is 5.95. The number of para-hydroxylation sites is 1. The molecule has 0 saturated heterocycles. The van der Waals surface area contributed by atoms with Gasteiger partial charge < -0.3 is 10.3 Å². The number of benzene rings is 1. The molecule has 0 aliphatic carbocycles. The van der Waals surface area contributed by atoms with Crippen LogP contribution < -0.4 is 5.73 Å². The number of hydrogen-bond acceptors (Lipinski definition) is 3. The minimum absolute atomic E-state index is 0.464. The van der Waals surface area contributed by atoms with E-state index >= 15 is 0 Å². The Kier molecular flexibility index (Phi) is 2.71. The first-order valence-corrected chi connectivity index (χ1v) is 6.33. The highest BCUT2D eigenvalue weighted by atomic mass is 35.5. The van der Waals surface area contributed by atoms with Crippen LogP contribution in [0.15, 0.2) is 24.4 Å². The van der Waals surface area contributed by atoms with Gasteiger partial charge in [-0.2, -0.15) is 5.10 Å². The molecule has 98 valence electrons. The molecule has 2 heterocycles. The van der Waals surface area contributed by atoms with E-state index in [1.165, 1.54) is 0 Å². The minimum atomic E-state index is 0.464. The van der Waals surface area contributed by atoms with E-state index in [9.17, 15) is 0 Å². The fourth-order valence-corrected chi connectivity index (χ4v) is 2.48. The van der Waals surface area contributed by atoms with Crippen LogP contribution in [0.4, 0.5) is 5.95 Å². The van der Waals surface area contributed by atoms with Gasteiger partial charge in [-0.05, 0) is 19.1 Å². The molecule has 19 heavy (non-hydrogen) atoms. The van der Waals surface area contributed by atoms with Crippen LogP contribution in [0.1, 0.15) is 11.3 Å². The number of hydrogen-bond donors (Lipinski definition) is 1. The number of nitrogens with zero attached hydrogens (tertiary/aromatic N) is 4. The van der Waals surface area contributed by atoms with Gasteiger partial charge in [0.15, 0.2) is 0 Å². The van der Waals surface area contributed by atoms with E-state index in [1.54, 1.807) is 4.68 Å². The Morgan fingerprint density at radius 1 is 1.37 bits per heavy atom.